The Morgan fingerprint density at radius 3 is 2.47 bits per heavy atom. The van der Waals surface area contributed by atoms with E-state index >= 15 is 0 Å². The van der Waals surface area contributed by atoms with Gasteiger partial charge in [-0.2, -0.15) is 0 Å². The lowest BCUT2D eigenvalue weighted by Crippen LogP contribution is -2.35. The van der Waals surface area contributed by atoms with Crippen molar-refractivity contribution in [3.8, 4) is 0 Å². The summed E-state index contributed by atoms with van der Waals surface area (Å²) in [7, 11) is 0. The van der Waals surface area contributed by atoms with Gasteiger partial charge < -0.3 is 11.1 Å². The van der Waals surface area contributed by atoms with Gasteiger partial charge in [-0.3, -0.25) is 9.59 Å². The van der Waals surface area contributed by atoms with Gasteiger partial charge in [0.05, 0.1) is 0 Å². The molecular weight excluding hydrogens is 206 g/mol. The summed E-state index contributed by atoms with van der Waals surface area (Å²) in [6, 6.07) is 3.15. The van der Waals surface area contributed by atoms with Gasteiger partial charge in [-0.25, -0.2) is 8.78 Å². The molecule has 0 radical (unpaired) electrons. The molecule has 6 heteroatoms. The maximum absolute atomic E-state index is 12.7. The third kappa shape index (κ3) is 3.01. The highest BCUT2D eigenvalue weighted by atomic mass is 19.2. The summed E-state index contributed by atoms with van der Waals surface area (Å²) in [4.78, 5) is 21.0. The van der Waals surface area contributed by atoms with E-state index in [1.807, 2.05) is 0 Å². The molecule has 2 amide bonds. The van der Waals surface area contributed by atoms with Gasteiger partial charge in [0.2, 0.25) is 0 Å². The summed E-state index contributed by atoms with van der Waals surface area (Å²) < 4.78 is 25.2. The first-order valence-electron chi connectivity index (χ1n) is 4.02. The SMILES string of the molecule is NC(=O)C(=O)NCc1ccc(F)c(F)c1. The molecule has 0 aliphatic heterocycles. The number of hydrogen-bond acceptors (Lipinski definition) is 2. The van der Waals surface area contributed by atoms with Gasteiger partial charge in [-0.15, -0.1) is 0 Å². The van der Waals surface area contributed by atoms with E-state index in [2.05, 4.69) is 11.1 Å². The van der Waals surface area contributed by atoms with Crippen molar-refractivity contribution < 1.29 is 18.4 Å². The van der Waals surface area contributed by atoms with Crippen LogP contribution >= 0.6 is 0 Å². The van der Waals surface area contributed by atoms with Crippen LogP contribution < -0.4 is 11.1 Å². The lowest BCUT2D eigenvalue weighted by atomic mass is 10.2. The van der Waals surface area contributed by atoms with Gasteiger partial charge >= 0.3 is 11.8 Å². The standard InChI is InChI=1S/C9H8F2N2O2/c10-6-2-1-5(3-7(6)11)4-13-9(15)8(12)14/h1-3H,4H2,(H2,12,14)(H,13,15). The number of carbonyl (C=O) groups excluding carboxylic acids is 2. The zero-order valence-corrected chi connectivity index (χ0v) is 7.59. The fraction of sp³-hybridized carbons (Fsp3) is 0.111. The van der Waals surface area contributed by atoms with Crippen LogP contribution in [0.25, 0.3) is 0 Å². The van der Waals surface area contributed by atoms with E-state index in [-0.39, 0.29) is 6.54 Å². The van der Waals surface area contributed by atoms with Gasteiger partial charge in [0.25, 0.3) is 0 Å². The quantitative estimate of drug-likeness (QED) is 0.683. The number of halogens is 2. The van der Waals surface area contributed by atoms with E-state index < -0.39 is 23.4 Å². The number of carbonyl (C=O) groups is 2. The van der Waals surface area contributed by atoms with Crippen LogP contribution in [0, 0.1) is 11.6 Å². The molecule has 0 atom stereocenters. The predicted octanol–water partition coefficient (Wildman–Crippen LogP) is 0.0663. The van der Waals surface area contributed by atoms with Crippen molar-refractivity contribution in [2.75, 3.05) is 0 Å². The van der Waals surface area contributed by atoms with Crippen molar-refractivity contribution in [1.29, 1.82) is 0 Å². The first-order chi connectivity index (χ1) is 7.00. The Bertz CT molecular complexity index is 407. The summed E-state index contributed by atoms with van der Waals surface area (Å²) >= 11 is 0. The van der Waals surface area contributed by atoms with Crippen LogP contribution in [0.15, 0.2) is 18.2 Å². The molecule has 0 aliphatic rings. The van der Waals surface area contributed by atoms with Crippen molar-refractivity contribution >= 4 is 11.8 Å². The van der Waals surface area contributed by atoms with Crippen LogP contribution in [0.1, 0.15) is 5.56 Å². The Hall–Kier alpha value is -1.98. The third-order valence-electron chi connectivity index (χ3n) is 1.66. The molecule has 1 rings (SSSR count). The van der Waals surface area contributed by atoms with Crippen LogP contribution in [0.4, 0.5) is 8.78 Å². The normalized spacial score (nSPS) is 9.73. The predicted molar refractivity (Wildman–Crippen MR) is 47.4 cm³/mol. The lowest BCUT2D eigenvalue weighted by Gasteiger charge is -2.03. The van der Waals surface area contributed by atoms with Gasteiger partial charge in [-0.05, 0) is 17.7 Å². The Morgan fingerprint density at radius 2 is 1.93 bits per heavy atom. The molecule has 15 heavy (non-hydrogen) atoms. The minimum Gasteiger partial charge on any atom is -0.361 e. The van der Waals surface area contributed by atoms with Gasteiger partial charge in [0.1, 0.15) is 0 Å². The van der Waals surface area contributed by atoms with Gasteiger partial charge in [-0.1, -0.05) is 6.07 Å². The molecule has 0 heterocycles. The molecule has 1 aromatic carbocycles. The Labute approximate surface area is 84.1 Å². The summed E-state index contributed by atoms with van der Waals surface area (Å²) in [6.07, 6.45) is 0. The van der Waals surface area contributed by atoms with E-state index in [0.717, 1.165) is 12.1 Å². The number of primary amides is 1. The van der Waals surface area contributed by atoms with E-state index in [1.165, 1.54) is 6.07 Å². The van der Waals surface area contributed by atoms with Crippen molar-refractivity contribution in [2.24, 2.45) is 5.73 Å². The number of rotatable bonds is 2. The highest BCUT2D eigenvalue weighted by Crippen LogP contribution is 2.08. The number of nitrogens with one attached hydrogen (secondary N) is 1. The fourth-order valence-electron chi connectivity index (χ4n) is 0.919. The third-order valence-corrected chi connectivity index (χ3v) is 1.66. The minimum absolute atomic E-state index is 0.0844. The first kappa shape index (κ1) is 11.1. The topological polar surface area (TPSA) is 72.2 Å². The molecule has 1 aromatic rings. The molecule has 0 saturated heterocycles. The molecule has 0 fully saturated rings. The minimum atomic E-state index is -1.13. The van der Waals surface area contributed by atoms with Crippen molar-refractivity contribution in [2.45, 2.75) is 6.54 Å². The largest absolute Gasteiger partial charge is 0.361 e. The maximum Gasteiger partial charge on any atom is 0.309 e. The van der Waals surface area contributed by atoms with Crippen LogP contribution in [-0.4, -0.2) is 11.8 Å². The summed E-state index contributed by atoms with van der Waals surface area (Å²) in [5.41, 5.74) is 5.01. The summed E-state index contributed by atoms with van der Waals surface area (Å²) in [5.74, 6) is -4.09. The Balaban J connectivity index is 2.62. The highest BCUT2D eigenvalue weighted by Gasteiger charge is 2.08. The van der Waals surface area contributed by atoms with Crippen LogP contribution in [0.2, 0.25) is 0 Å². The van der Waals surface area contributed by atoms with E-state index in [9.17, 15) is 18.4 Å². The molecule has 0 aromatic heterocycles. The molecule has 3 N–H and O–H groups in total. The average molecular weight is 214 g/mol. The molecule has 4 nitrogen and oxygen atoms in total. The summed E-state index contributed by atoms with van der Waals surface area (Å²) in [5, 5.41) is 2.14. The fourth-order valence-corrected chi connectivity index (χ4v) is 0.919. The first-order valence-corrected chi connectivity index (χ1v) is 4.02. The number of benzene rings is 1. The second kappa shape index (κ2) is 4.50. The van der Waals surface area contributed by atoms with Crippen molar-refractivity contribution in [1.82, 2.24) is 5.32 Å². The molecule has 0 spiro atoms. The van der Waals surface area contributed by atoms with Crippen LogP contribution in [0.3, 0.4) is 0 Å². The summed E-state index contributed by atoms with van der Waals surface area (Å²) in [6.45, 7) is -0.0844. The van der Waals surface area contributed by atoms with E-state index in [4.69, 9.17) is 0 Å². The second-order valence-electron chi connectivity index (χ2n) is 2.80. The highest BCUT2D eigenvalue weighted by molar-refractivity contribution is 6.34. The number of nitrogens with two attached hydrogens (primary N) is 1. The Morgan fingerprint density at radius 1 is 1.27 bits per heavy atom. The molecule has 0 bridgehead atoms. The van der Waals surface area contributed by atoms with E-state index in [1.54, 1.807) is 0 Å². The second-order valence-corrected chi connectivity index (χ2v) is 2.80. The number of hydrogen-bond donors (Lipinski definition) is 2. The zero-order valence-electron chi connectivity index (χ0n) is 7.59. The van der Waals surface area contributed by atoms with Crippen LogP contribution in [0.5, 0.6) is 0 Å². The molecular formula is C9H8F2N2O2. The smallest absolute Gasteiger partial charge is 0.309 e. The maximum atomic E-state index is 12.7. The molecule has 0 unspecified atom stereocenters. The van der Waals surface area contributed by atoms with Crippen LogP contribution in [-0.2, 0) is 16.1 Å². The van der Waals surface area contributed by atoms with Crippen molar-refractivity contribution in [3.05, 3.63) is 35.4 Å². The zero-order chi connectivity index (χ0) is 11.4. The van der Waals surface area contributed by atoms with Gasteiger partial charge in [0, 0.05) is 6.54 Å². The van der Waals surface area contributed by atoms with Crippen molar-refractivity contribution in [3.63, 3.8) is 0 Å². The van der Waals surface area contributed by atoms with Gasteiger partial charge in [0.15, 0.2) is 11.6 Å². The lowest BCUT2D eigenvalue weighted by molar-refractivity contribution is -0.137. The molecule has 0 aliphatic carbocycles. The number of amides is 2. The average Bonchev–Trinajstić information content (AvgIpc) is 2.19. The molecule has 0 saturated carbocycles. The molecule has 80 valence electrons. The monoisotopic (exact) mass is 214 g/mol. The Kier molecular flexibility index (Phi) is 3.33. The van der Waals surface area contributed by atoms with E-state index in [0.29, 0.717) is 5.56 Å².